The summed E-state index contributed by atoms with van der Waals surface area (Å²) >= 11 is 0. The van der Waals surface area contributed by atoms with Crippen molar-refractivity contribution in [2.45, 2.75) is 65.1 Å². The Labute approximate surface area is 190 Å². The van der Waals surface area contributed by atoms with Gasteiger partial charge in [-0.1, -0.05) is 49.7 Å². The predicted molar refractivity (Wildman–Crippen MR) is 125 cm³/mol. The van der Waals surface area contributed by atoms with Gasteiger partial charge in [-0.15, -0.1) is 0 Å². The van der Waals surface area contributed by atoms with Crippen molar-refractivity contribution in [3.05, 3.63) is 65.2 Å². The first-order valence-electron chi connectivity index (χ1n) is 11.2. The van der Waals surface area contributed by atoms with Crippen molar-refractivity contribution in [3.8, 4) is 5.75 Å². The zero-order valence-electron chi connectivity index (χ0n) is 19.5. The number of carbonyl (C=O) groups excluding carboxylic acids is 2. The second-order valence-electron chi connectivity index (χ2n) is 8.87. The van der Waals surface area contributed by atoms with Gasteiger partial charge in [0, 0.05) is 6.54 Å². The summed E-state index contributed by atoms with van der Waals surface area (Å²) in [6, 6.07) is 14.8. The minimum absolute atomic E-state index is 0.0175. The molecule has 174 valence electrons. The van der Waals surface area contributed by atoms with Gasteiger partial charge in [-0.25, -0.2) is 0 Å². The van der Waals surface area contributed by atoms with Crippen LogP contribution < -0.4 is 10.1 Å². The van der Waals surface area contributed by atoms with E-state index in [9.17, 15) is 14.7 Å². The van der Waals surface area contributed by atoms with Crippen LogP contribution in [0.5, 0.6) is 5.75 Å². The molecule has 0 saturated heterocycles. The SMILES string of the molecule is CCCCc1ccc(CC(=O)Oc2ccc(C(O)CNCC(=O)OC(C)(C)C)cc2)cc1. The summed E-state index contributed by atoms with van der Waals surface area (Å²) in [6.07, 6.45) is 2.77. The molecule has 0 heterocycles. The number of ether oxygens (including phenoxy) is 2. The van der Waals surface area contributed by atoms with Gasteiger partial charge < -0.3 is 19.9 Å². The highest BCUT2D eigenvalue weighted by Crippen LogP contribution is 2.18. The van der Waals surface area contributed by atoms with Gasteiger partial charge in [0.2, 0.25) is 0 Å². The largest absolute Gasteiger partial charge is 0.459 e. The zero-order valence-corrected chi connectivity index (χ0v) is 19.5. The Morgan fingerprint density at radius 2 is 1.59 bits per heavy atom. The maximum absolute atomic E-state index is 12.2. The highest BCUT2D eigenvalue weighted by Gasteiger charge is 2.16. The van der Waals surface area contributed by atoms with Crippen LogP contribution in [0.2, 0.25) is 0 Å². The molecular weight excluding hydrogens is 406 g/mol. The smallest absolute Gasteiger partial charge is 0.320 e. The molecule has 0 amide bonds. The van der Waals surface area contributed by atoms with Crippen molar-refractivity contribution in [2.24, 2.45) is 0 Å². The van der Waals surface area contributed by atoms with Crippen LogP contribution >= 0.6 is 0 Å². The van der Waals surface area contributed by atoms with Crippen LogP contribution in [0, 0.1) is 0 Å². The van der Waals surface area contributed by atoms with Gasteiger partial charge >= 0.3 is 11.9 Å². The lowest BCUT2D eigenvalue weighted by Crippen LogP contribution is -2.33. The molecule has 0 saturated carbocycles. The summed E-state index contributed by atoms with van der Waals surface area (Å²) in [4.78, 5) is 23.9. The molecule has 2 aromatic carbocycles. The van der Waals surface area contributed by atoms with Crippen LogP contribution in [-0.4, -0.2) is 35.7 Å². The number of nitrogens with one attached hydrogen (secondary N) is 1. The zero-order chi connectivity index (χ0) is 23.6. The molecule has 32 heavy (non-hydrogen) atoms. The average molecular weight is 442 g/mol. The quantitative estimate of drug-likeness (QED) is 0.403. The topological polar surface area (TPSA) is 84.9 Å². The Morgan fingerprint density at radius 1 is 0.969 bits per heavy atom. The van der Waals surface area contributed by atoms with E-state index in [-0.39, 0.29) is 31.4 Å². The normalized spacial score (nSPS) is 12.3. The number of aliphatic hydroxyl groups is 1. The van der Waals surface area contributed by atoms with Gasteiger partial charge in [-0.2, -0.15) is 0 Å². The van der Waals surface area contributed by atoms with Crippen LogP contribution in [0.4, 0.5) is 0 Å². The second kappa shape index (κ2) is 12.4. The summed E-state index contributed by atoms with van der Waals surface area (Å²) in [5.41, 5.74) is 2.31. The van der Waals surface area contributed by atoms with Crippen LogP contribution in [0.15, 0.2) is 48.5 Å². The first-order chi connectivity index (χ1) is 15.2. The summed E-state index contributed by atoms with van der Waals surface area (Å²) in [5.74, 6) is -0.284. The van der Waals surface area contributed by atoms with E-state index in [4.69, 9.17) is 9.47 Å². The molecule has 0 aliphatic carbocycles. The number of hydrogen-bond acceptors (Lipinski definition) is 6. The molecule has 0 aromatic heterocycles. The van der Waals surface area contributed by atoms with Gasteiger partial charge in [0.05, 0.1) is 19.1 Å². The summed E-state index contributed by atoms with van der Waals surface area (Å²) in [7, 11) is 0. The molecule has 0 spiro atoms. The number of aryl methyl sites for hydroxylation is 1. The van der Waals surface area contributed by atoms with E-state index in [1.165, 1.54) is 5.56 Å². The van der Waals surface area contributed by atoms with Crippen LogP contribution in [0.1, 0.15) is 63.3 Å². The number of unbranched alkanes of at least 4 members (excludes halogenated alkanes) is 1. The van der Waals surface area contributed by atoms with Crippen LogP contribution in [0.3, 0.4) is 0 Å². The Balaban J connectivity index is 1.77. The summed E-state index contributed by atoms with van der Waals surface area (Å²) < 4.78 is 10.6. The molecule has 2 rings (SSSR count). The van der Waals surface area contributed by atoms with E-state index < -0.39 is 11.7 Å². The molecular formula is C26H35NO5. The first kappa shape index (κ1) is 25.6. The molecule has 1 unspecified atom stereocenters. The van der Waals surface area contributed by atoms with E-state index in [1.807, 2.05) is 12.1 Å². The third-order valence-corrected chi connectivity index (χ3v) is 4.71. The Hall–Kier alpha value is -2.70. The predicted octanol–water partition coefficient (Wildman–Crippen LogP) is 4.14. The number of aliphatic hydroxyl groups excluding tert-OH is 1. The van der Waals surface area contributed by atoms with E-state index in [0.717, 1.165) is 24.8 Å². The fraction of sp³-hybridized carbons (Fsp3) is 0.462. The standard InChI is InChI=1S/C26H35NO5/c1-5-6-7-19-8-10-20(11-9-19)16-24(29)31-22-14-12-21(13-15-22)23(28)17-27-18-25(30)32-26(2,3)4/h8-15,23,27-28H,5-7,16-18H2,1-4H3. The van der Waals surface area contributed by atoms with E-state index in [0.29, 0.717) is 11.3 Å². The van der Waals surface area contributed by atoms with Gasteiger partial charge in [0.1, 0.15) is 11.4 Å². The Morgan fingerprint density at radius 3 is 2.19 bits per heavy atom. The molecule has 0 aliphatic rings. The molecule has 0 bridgehead atoms. The average Bonchev–Trinajstić information content (AvgIpc) is 2.72. The van der Waals surface area contributed by atoms with Crippen LogP contribution in [0.25, 0.3) is 0 Å². The fourth-order valence-electron chi connectivity index (χ4n) is 3.10. The van der Waals surface area contributed by atoms with Gasteiger partial charge in [0.15, 0.2) is 0 Å². The lowest BCUT2D eigenvalue weighted by Gasteiger charge is -2.20. The monoisotopic (exact) mass is 441 g/mol. The Bertz CT molecular complexity index is 853. The molecule has 6 nitrogen and oxygen atoms in total. The lowest BCUT2D eigenvalue weighted by molar-refractivity contribution is -0.153. The number of carbonyl (C=O) groups is 2. The van der Waals surface area contributed by atoms with E-state index in [1.54, 1.807) is 45.0 Å². The minimum Gasteiger partial charge on any atom is -0.459 e. The highest BCUT2D eigenvalue weighted by molar-refractivity contribution is 5.75. The Kier molecular flexibility index (Phi) is 9.88. The first-order valence-corrected chi connectivity index (χ1v) is 11.2. The summed E-state index contributed by atoms with van der Waals surface area (Å²) in [6.45, 7) is 7.80. The molecule has 0 fully saturated rings. The number of esters is 2. The van der Waals surface area contributed by atoms with Gasteiger partial charge in [-0.3, -0.25) is 9.59 Å². The maximum Gasteiger partial charge on any atom is 0.320 e. The van der Waals surface area contributed by atoms with Gasteiger partial charge in [0.25, 0.3) is 0 Å². The maximum atomic E-state index is 12.2. The molecule has 1 atom stereocenters. The van der Waals surface area contributed by atoms with Crippen molar-refractivity contribution < 1.29 is 24.2 Å². The van der Waals surface area contributed by atoms with Crippen molar-refractivity contribution in [1.29, 1.82) is 0 Å². The van der Waals surface area contributed by atoms with Crippen LogP contribution in [-0.2, 0) is 27.2 Å². The molecule has 2 aromatic rings. The third kappa shape index (κ3) is 9.62. The van der Waals surface area contributed by atoms with Crippen molar-refractivity contribution in [3.63, 3.8) is 0 Å². The highest BCUT2D eigenvalue weighted by atomic mass is 16.6. The van der Waals surface area contributed by atoms with E-state index >= 15 is 0 Å². The molecule has 0 aliphatic heterocycles. The molecule has 0 radical (unpaired) electrons. The summed E-state index contributed by atoms with van der Waals surface area (Å²) in [5, 5.41) is 13.2. The number of rotatable bonds is 11. The molecule has 6 heteroatoms. The van der Waals surface area contributed by atoms with Crippen molar-refractivity contribution >= 4 is 11.9 Å². The molecule has 2 N–H and O–H groups in total. The second-order valence-corrected chi connectivity index (χ2v) is 8.87. The van der Waals surface area contributed by atoms with Crippen molar-refractivity contribution in [1.82, 2.24) is 5.32 Å². The fourth-order valence-corrected chi connectivity index (χ4v) is 3.10. The van der Waals surface area contributed by atoms with Crippen molar-refractivity contribution in [2.75, 3.05) is 13.1 Å². The van der Waals surface area contributed by atoms with E-state index in [2.05, 4.69) is 24.4 Å². The third-order valence-electron chi connectivity index (χ3n) is 4.71. The lowest BCUT2D eigenvalue weighted by atomic mass is 10.1. The number of benzene rings is 2. The number of hydrogen-bond donors (Lipinski definition) is 2. The minimum atomic E-state index is -0.798. The van der Waals surface area contributed by atoms with Gasteiger partial charge in [-0.05, 0) is 62.4 Å².